The smallest absolute Gasteiger partial charge is 0.0348 e. The molecule has 0 bridgehead atoms. The molecule has 0 aromatic rings. The summed E-state index contributed by atoms with van der Waals surface area (Å²) in [4.78, 5) is 2.71. The number of rotatable bonds is 4. The third-order valence-corrected chi connectivity index (χ3v) is 3.27. The van der Waals surface area contributed by atoms with Gasteiger partial charge in [0.2, 0.25) is 0 Å². The van der Waals surface area contributed by atoms with Gasteiger partial charge < -0.3 is 0 Å². The molecule has 0 saturated heterocycles. The Hall–Kier alpha value is -0.340. The molecule has 0 amide bonds. The van der Waals surface area contributed by atoms with Crippen LogP contribution in [0, 0.1) is 0 Å². The van der Waals surface area contributed by atoms with Crippen molar-refractivity contribution in [2.24, 2.45) is 5.11 Å². The summed E-state index contributed by atoms with van der Waals surface area (Å²) in [5.41, 5.74) is 8.01. The van der Waals surface area contributed by atoms with E-state index in [1.165, 1.54) is 25.7 Å². The second-order valence-electron chi connectivity index (χ2n) is 2.73. The fourth-order valence-electron chi connectivity index (χ4n) is 1.36. The second kappa shape index (κ2) is 5.33. The Labute approximate surface area is 71.2 Å². The summed E-state index contributed by atoms with van der Waals surface area (Å²) in [6, 6.07) is 0. The molecule has 0 unspecified atom stereocenters. The highest BCUT2D eigenvalue weighted by molar-refractivity contribution is 7.99. The molecule has 0 aromatic carbocycles. The lowest BCUT2D eigenvalue weighted by Crippen LogP contribution is -1.96. The van der Waals surface area contributed by atoms with E-state index < -0.39 is 0 Å². The summed E-state index contributed by atoms with van der Waals surface area (Å²) in [6.07, 6.45) is 5.50. The van der Waals surface area contributed by atoms with Crippen molar-refractivity contribution in [3.63, 3.8) is 0 Å². The van der Waals surface area contributed by atoms with E-state index in [4.69, 9.17) is 5.53 Å². The fraction of sp³-hybridized carbons (Fsp3) is 1.00. The molecular formula is C7H13N3S. The van der Waals surface area contributed by atoms with Crippen LogP contribution >= 0.6 is 11.8 Å². The first-order valence-corrected chi connectivity index (χ1v) is 5.11. The summed E-state index contributed by atoms with van der Waals surface area (Å²) in [6.45, 7) is 0.650. The maximum Gasteiger partial charge on any atom is 0.0348 e. The van der Waals surface area contributed by atoms with Crippen LogP contribution in [0.25, 0.3) is 10.4 Å². The second-order valence-corrected chi connectivity index (χ2v) is 4.14. The van der Waals surface area contributed by atoms with Crippen molar-refractivity contribution in [2.75, 3.05) is 12.3 Å². The van der Waals surface area contributed by atoms with E-state index >= 15 is 0 Å². The van der Waals surface area contributed by atoms with Gasteiger partial charge in [0, 0.05) is 16.7 Å². The van der Waals surface area contributed by atoms with E-state index in [9.17, 15) is 0 Å². The Balaban J connectivity index is 1.97. The quantitative estimate of drug-likeness (QED) is 0.277. The molecule has 62 valence electrons. The number of nitrogens with zero attached hydrogens (tertiary/aromatic N) is 3. The van der Waals surface area contributed by atoms with Crippen LogP contribution in [0.4, 0.5) is 0 Å². The third kappa shape index (κ3) is 3.54. The molecule has 1 aliphatic carbocycles. The van der Waals surface area contributed by atoms with Crippen LogP contribution in [-0.4, -0.2) is 17.5 Å². The van der Waals surface area contributed by atoms with Gasteiger partial charge in [-0.15, -0.1) is 0 Å². The van der Waals surface area contributed by atoms with Gasteiger partial charge >= 0.3 is 0 Å². The average Bonchev–Trinajstić information content (AvgIpc) is 2.50. The molecule has 0 N–H and O–H groups in total. The lowest BCUT2D eigenvalue weighted by Gasteiger charge is -2.05. The molecule has 1 fully saturated rings. The van der Waals surface area contributed by atoms with Crippen molar-refractivity contribution >= 4 is 11.8 Å². The van der Waals surface area contributed by atoms with Crippen LogP contribution in [0.3, 0.4) is 0 Å². The largest absolute Gasteiger partial charge is 0.158 e. The normalized spacial score (nSPS) is 18.2. The number of hydrogen-bond acceptors (Lipinski definition) is 2. The molecule has 11 heavy (non-hydrogen) atoms. The van der Waals surface area contributed by atoms with Crippen molar-refractivity contribution in [3.8, 4) is 0 Å². The van der Waals surface area contributed by atoms with Crippen LogP contribution in [-0.2, 0) is 0 Å². The van der Waals surface area contributed by atoms with Crippen molar-refractivity contribution in [1.29, 1.82) is 0 Å². The summed E-state index contributed by atoms with van der Waals surface area (Å²) in [5.74, 6) is 0.995. The highest BCUT2D eigenvalue weighted by atomic mass is 32.2. The minimum atomic E-state index is 0.650. The highest BCUT2D eigenvalue weighted by Crippen LogP contribution is 2.28. The summed E-state index contributed by atoms with van der Waals surface area (Å²) < 4.78 is 0. The van der Waals surface area contributed by atoms with Gasteiger partial charge in [-0.3, -0.25) is 0 Å². The summed E-state index contributed by atoms with van der Waals surface area (Å²) in [7, 11) is 0. The standard InChI is InChI=1S/C7H13N3S/c8-10-9-5-6-11-7-3-1-2-4-7/h7H,1-6H2. The molecule has 1 aliphatic rings. The zero-order valence-electron chi connectivity index (χ0n) is 6.57. The minimum absolute atomic E-state index is 0.650. The van der Waals surface area contributed by atoms with Crippen LogP contribution < -0.4 is 0 Å². The lowest BCUT2D eigenvalue weighted by atomic mass is 10.4. The highest BCUT2D eigenvalue weighted by Gasteiger charge is 2.13. The van der Waals surface area contributed by atoms with Gasteiger partial charge in [-0.2, -0.15) is 11.8 Å². The molecule has 0 heterocycles. The maximum atomic E-state index is 8.01. The molecule has 0 aliphatic heterocycles. The van der Waals surface area contributed by atoms with Gasteiger partial charge in [0.15, 0.2) is 0 Å². The van der Waals surface area contributed by atoms with Crippen LogP contribution in [0.1, 0.15) is 25.7 Å². The first kappa shape index (κ1) is 8.75. The van der Waals surface area contributed by atoms with Gasteiger partial charge in [0.05, 0.1) is 0 Å². The Morgan fingerprint density at radius 1 is 1.45 bits per heavy atom. The molecule has 1 saturated carbocycles. The molecule has 1 rings (SSSR count). The number of azide groups is 1. The predicted octanol–water partition coefficient (Wildman–Crippen LogP) is 2.97. The summed E-state index contributed by atoms with van der Waals surface area (Å²) >= 11 is 1.96. The third-order valence-electron chi connectivity index (χ3n) is 1.91. The van der Waals surface area contributed by atoms with Gasteiger partial charge in [-0.1, -0.05) is 18.0 Å². The van der Waals surface area contributed by atoms with Crippen molar-refractivity contribution in [1.82, 2.24) is 0 Å². The molecule has 0 spiro atoms. The van der Waals surface area contributed by atoms with Crippen molar-refractivity contribution < 1.29 is 0 Å². The Bertz CT molecular complexity index is 148. The van der Waals surface area contributed by atoms with Crippen LogP contribution in [0.2, 0.25) is 0 Å². The van der Waals surface area contributed by atoms with Gasteiger partial charge in [0.1, 0.15) is 0 Å². The van der Waals surface area contributed by atoms with Gasteiger partial charge in [-0.25, -0.2) is 0 Å². The predicted molar refractivity (Wildman–Crippen MR) is 48.7 cm³/mol. The Morgan fingerprint density at radius 3 is 2.82 bits per heavy atom. The molecule has 4 heteroatoms. The van der Waals surface area contributed by atoms with Crippen LogP contribution in [0.15, 0.2) is 5.11 Å². The topological polar surface area (TPSA) is 48.8 Å². The fourth-order valence-corrected chi connectivity index (χ4v) is 2.55. The van der Waals surface area contributed by atoms with E-state index in [0.717, 1.165) is 11.0 Å². The molecular weight excluding hydrogens is 158 g/mol. The first-order valence-electron chi connectivity index (χ1n) is 4.06. The summed E-state index contributed by atoms with van der Waals surface area (Å²) in [5, 5.41) is 4.34. The molecule has 0 radical (unpaired) electrons. The van der Waals surface area contributed by atoms with E-state index in [1.54, 1.807) is 0 Å². The van der Waals surface area contributed by atoms with Crippen LogP contribution in [0.5, 0.6) is 0 Å². The Kier molecular flexibility index (Phi) is 4.24. The lowest BCUT2D eigenvalue weighted by molar-refractivity contribution is 0.886. The molecule has 3 nitrogen and oxygen atoms in total. The number of hydrogen-bond donors (Lipinski definition) is 0. The van der Waals surface area contributed by atoms with Gasteiger partial charge in [0.25, 0.3) is 0 Å². The zero-order chi connectivity index (χ0) is 7.94. The molecule has 0 atom stereocenters. The van der Waals surface area contributed by atoms with E-state index in [0.29, 0.717) is 6.54 Å². The van der Waals surface area contributed by atoms with Crippen molar-refractivity contribution in [2.45, 2.75) is 30.9 Å². The first-order chi connectivity index (χ1) is 5.43. The van der Waals surface area contributed by atoms with E-state index in [2.05, 4.69) is 10.0 Å². The van der Waals surface area contributed by atoms with E-state index in [-0.39, 0.29) is 0 Å². The average molecular weight is 171 g/mol. The van der Waals surface area contributed by atoms with E-state index in [1.807, 2.05) is 11.8 Å². The monoisotopic (exact) mass is 171 g/mol. The SMILES string of the molecule is [N-]=[N+]=NCCSC1CCCC1. The zero-order valence-corrected chi connectivity index (χ0v) is 7.39. The molecule has 0 aromatic heterocycles. The maximum absolute atomic E-state index is 8.01. The number of thioether (sulfide) groups is 1. The minimum Gasteiger partial charge on any atom is -0.158 e. The van der Waals surface area contributed by atoms with Crippen molar-refractivity contribution in [3.05, 3.63) is 10.4 Å². The Morgan fingerprint density at radius 2 is 2.18 bits per heavy atom. The van der Waals surface area contributed by atoms with Gasteiger partial charge in [-0.05, 0) is 24.1 Å².